The molecule has 0 aliphatic heterocycles. The van der Waals surface area contributed by atoms with Gasteiger partial charge >= 0.3 is 0 Å². The van der Waals surface area contributed by atoms with Gasteiger partial charge in [-0.2, -0.15) is 0 Å². The van der Waals surface area contributed by atoms with Crippen molar-refractivity contribution >= 4 is 72.8 Å². The maximum Gasteiger partial charge on any atom is 0.173 e. The number of carbonyl (C=O) groups is 1. The SMILES string of the molecule is Brc1cccs1.NC(CC1CC1)c1cccs1.O/N=C(/CC1CC1)c1cccs1.O=C(CC1CC1)c1cccs1. The molecule has 0 saturated heterocycles. The number of carbonyl (C=O) groups excluding carboxylic acids is 1. The Hall–Kier alpha value is -1.62. The third kappa shape index (κ3) is 12.1. The molecule has 0 amide bonds. The second-order valence-corrected chi connectivity index (χ2v) is 15.6. The minimum Gasteiger partial charge on any atom is -0.411 e. The third-order valence-corrected chi connectivity index (χ3v) is 11.1. The molecule has 0 aromatic carbocycles. The first-order chi connectivity index (χ1) is 19.5. The molecule has 4 nitrogen and oxygen atoms in total. The van der Waals surface area contributed by atoms with Gasteiger partial charge in [-0.05, 0) is 118 Å². The minimum absolute atomic E-state index is 0.308. The number of Topliss-reactive ketones (excluding diaryl/α,β-unsaturated/α-hetero) is 1. The van der Waals surface area contributed by atoms with E-state index in [0.717, 1.165) is 40.1 Å². The monoisotopic (exact) mass is 676 g/mol. The van der Waals surface area contributed by atoms with Crippen LogP contribution in [0.15, 0.2) is 79.0 Å². The molecule has 3 saturated carbocycles. The predicted molar refractivity (Wildman–Crippen MR) is 177 cm³/mol. The maximum absolute atomic E-state index is 11.4. The second kappa shape index (κ2) is 16.7. The highest BCUT2D eigenvalue weighted by atomic mass is 79.9. The molecule has 40 heavy (non-hydrogen) atoms. The summed E-state index contributed by atoms with van der Waals surface area (Å²) in [6.45, 7) is 0. The Bertz CT molecular complexity index is 1240. The number of ketones is 1. The largest absolute Gasteiger partial charge is 0.411 e. The van der Waals surface area contributed by atoms with Gasteiger partial charge in [-0.3, -0.25) is 4.79 Å². The van der Waals surface area contributed by atoms with Crippen molar-refractivity contribution in [2.75, 3.05) is 0 Å². The molecule has 9 heteroatoms. The van der Waals surface area contributed by atoms with Gasteiger partial charge in [0.05, 0.1) is 19.3 Å². The van der Waals surface area contributed by atoms with Gasteiger partial charge in [-0.1, -0.05) is 42.3 Å². The lowest BCUT2D eigenvalue weighted by Crippen LogP contribution is -2.08. The highest BCUT2D eigenvalue weighted by molar-refractivity contribution is 9.11. The number of hydrogen-bond donors (Lipinski definition) is 2. The fourth-order valence-corrected chi connectivity index (χ4v) is 7.00. The number of nitrogens with zero attached hydrogens (tertiary/aromatic N) is 1. The highest BCUT2D eigenvalue weighted by Gasteiger charge is 2.26. The number of halogens is 1. The average molecular weight is 678 g/mol. The lowest BCUT2D eigenvalue weighted by molar-refractivity contribution is 0.0980. The molecule has 0 spiro atoms. The minimum atomic E-state index is 0.308. The summed E-state index contributed by atoms with van der Waals surface area (Å²) in [4.78, 5) is 14.7. The normalized spacial score (nSPS) is 16.9. The number of rotatable bonds is 9. The molecule has 4 aromatic rings. The molecule has 3 aliphatic rings. The van der Waals surface area contributed by atoms with Crippen LogP contribution in [0.5, 0.6) is 0 Å². The molecule has 0 bridgehead atoms. The van der Waals surface area contributed by atoms with E-state index >= 15 is 0 Å². The molecule has 3 N–H and O–H groups in total. The Balaban J connectivity index is 0.000000126. The van der Waals surface area contributed by atoms with E-state index in [4.69, 9.17) is 10.9 Å². The lowest BCUT2D eigenvalue weighted by atomic mass is 10.1. The number of oxime groups is 1. The summed E-state index contributed by atoms with van der Waals surface area (Å²) in [5.74, 6) is 2.76. The van der Waals surface area contributed by atoms with Crippen LogP contribution in [0.2, 0.25) is 0 Å². The fraction of sp³-hybridized carbons (Fsp3) is 0.419. The Morgan fingerprint density at radius 1 is 0.800 bits per heavy atom. The summed E-state index contributed by atoms with van der Waals surface area (Å²) < 4.78 is 1.20. The first kappa shape index (κ1) is 31.3. The van der Waals surface area contributed by atoms with Crippen LogP contribution in [0.25, 0.3) is 0 Å². The second-order valence-electron chi connectivity index (χ2n) is 10.4. The van der Waals surface area contributed by atoms with Crippen molar-refractivity contribution in [2.45, 2.75) is 63.8 Å². The third-order valence-electron chi connectivity index (χ3n) is 6.75. The van der Waals surface area contributed by atoms with Crippen molar-refractivity contribution in [1.82, 2.24) is 0 Å². The predicted octanol–water partition coefficient (Wildman–Crippen LogP) is 10.5. The van der Waals surface area contributed by atoms with Crippen LogP contribution in [0.3, 0.4) is 0 Å². The standard InChI is InChI=1S/C9H11NOS.C9H13NS.C9H10OS.C4H3BrS/c11-10-8(6-7-3-4-7)9-2-1-5-12-9;2*10-8(6-7-3-4-7)9-2-1-5-11-9;5-4-2-1-3-6-4/h1-2,5,7,11H,3-4,6H2;1-2,5,7-8H,3-4,6,10H2;1-2,5,7H,3-4,6H2;1-3H/b10-8-;;;. The number of hydrogen-bond acceptors (Lipinski definition) is 8. The summed E-state index contributed by atoms with van der Waals surface area (Å²) in [7, 11) is 0. The Labute approximate surface area is 262 Å². The average Bonchev–Trinajstić information content (AvgIpc) is 3.87. The Kier molecular flexibility index (Phi) is 13.1. The molecule has 214 valence electrons. The van der Waals surface area contributed by atoms with E-state index < -0.39 is 0 Å². The molecule has 7 rings (SSSR count). The van der Waals surface area contributed by atoms with E-state index in [9.17, 15) is 4.79 Å². The van der Waals surface area contributed by atoms with E-state index in [0.29, 0.717) is 17.7 Å². The molecule has 3 aliphatic carbocycles. The molecular weight excluding hydrogens is 641 g/mol. The van der Waals surface area contributed by atoms with Crippen LogP contribution < -0.4 is 5.73 Å². The molecule has 3 fully saturated rings. The van der Waals surface area contributed by atoms with Crippen LogP contribution in [0.4, 0.5) is 0 Å². The van der Waals surface area contributed by atoms with Crippen LogP contribution in [-0.2, 0) is 0 Å². The number of nitrogens with two attached hydrogens (primary N) is 1. The maximum atomic E-state index is 11.4. The van der Waals surface area contributed by atoms with Crippen LogP contribution in [0.1, 0.15) is 83.3 Å². The van der Waals surface area contributed by atoms with Gasteiger partial charge in [-0.15, -0.1) is 45.3 Å². The van der Waals surface area contributed by atoms with Crippen molar-refractivity contribution in [3.63, 3.8) is 0 Å². The van der Waals surface area contributed by atoms with Gasteiger partial charge in [0.2, 0.25) is 0 Å². The van der Waals surface area contributed by atoms with Crippen LogP contribution in [0, 0.1) is 17.8 Å². The molecule has 0 radical (unpaired) electrons. The van der Waals surface area contributed by atoms with Gasteiger partial charge in [0, 0.05) is 17.3 Å². The molecule has 4 heterocycles. The molecule has 1 unspecified atom stereocenters. The van der Waals surface area contributed by atoms with Crippen molar-refractivity contribution in [1.29, 1.82) is 0 Å². The van der Waals surface area contributed by atoms with Crippen molar-refractivity contribution in [3.05, 3.63) is 88.5 Å². The smallest absolute Gasteiger partial charge is 0.173 e. The zero-order chi connectivity index (χ0) is 28.2. The Morgan fingerprint density at radius 3 is 1.80 bits per heavy atom. The summed E-state index contributed by atoms with van der Waals surface area (Å²) >= 11 is 9.96. The van der Waals surface area contributed by atoms with E-state index in [1.54, 1.807) is 45.3 Å². The van der Waals surface area contributed by atoms with Crippen LogP contribution >= 0.6 is 61.3 Å². The zero-order valence-corrected chi connectivity index (χ0v) is 27.3. The molecule has 1 atom stereocenters. The highest BCUT2D eigenvalue weighted by Crippen LogP contribution is 2.37. The number of thiophene rings is 4. The van der Waals surface area contributed by atoms with Gasteiger partial charge in [0.25, 0.3) is 0 Å². The summed E-state index contributed by atoms with van der Waals surface area (Å²) in [5.41, 5.74) is 6.84. The quantitative estimate of drug-likeness (QED) is 0.0801. The first-order valence-corrected chi connectivity index (χ1v) is 18.1. The lowest BCUT2D eigenvalue weighted by Gasteiger charge is -2.06. The Morgan fingerprint density at radius 2 is 1.35 bits per heavy atom. The van der Waals surface area contributed by atoms with Gasteiger partial charge in [-0.25, -0.2) is 0 Å². The molecular formula is C31H37BrN2O2S4. The zero-order valence-electron chi connectivity index (χ0n) is 22.5. The van der Waals surface area contributed by atoms with Gasteiger partial charge in [0.1, 0.15) is 0 Å². The van der Waals surface area contributed by atoms with E-state index in [-0.39, 0.29) is 0 Å². The van der Waals surface area contributed by atoms with E-state index in [2.05, 4.69) is 38.6 Å². The molecule has 4 aromatic heterocycles. The van der Waals surface area contributed by atoms with Crippen molar-refractivity contribution in [2.24, 2.45) is 28.6 Å². The topological polar surface area (TPSA) is 75.7 Å². The van der Waals surface area contributed by atoms with Crippen molar-refractivity contribution < 1.29 is 10.0 Å². The fourth-order valence-electron chi connectivity index (χ4n) is 3.94. The summed E-state index contributed by atoms with van der Waals surface area (Å²) in [5, 5.41) is 20.2. The van der Waals surface area contributed by atoms with Gasteiger partial charge in [0.15, 0.2) is 5.78 Å². The van der Waals surface area contributed by atoms with E-state index in [1.807, 2.05) is 52.5 Å². The van der Waals surface area contributed by atoms with Gasteiger partial charge < -0.3 is 10.9 Å². The van der Waals surface area contributed by atoms with E-state index in [1.165, 1.54) is 53.6 Å². The summed E-state index contributed by atoms with van der Waals surface area (Å²) in [6, 6.07) is 16.4. The summed E-state index contributed by atoms with van der Waals surface area (Å²) in [6.07, 6.45) is 10.8. The van der Waals surface area contributed by atoms with Crippen molar-refractivity contribution in [3.8, 4) is 0 Å². The first-order valence-electron chi connectivity index (χ1n) is 13.8. The van der Waals surface area contributed by atoms with Crippen LogP contribution in [-0.4, -0.2) is 16.7 Å².